The number of hydrogen-bond acceptors (Lipinski definition) is 5. The first kappa shape index (κ1) is 17.8. The molecule has 20 heavy (non-hydrogen) atoms. The van der Waals surface area contributed by atoms with Crippen LogP contribution in [0.1, 0.15) is 19.8 Å². The van der Waals surface area contributed by atoms with Crippen LogP contribution in [0.25, 0.3) is 0 Å². The molecule has 1 N–H and O–H groups in total. The van der Waals surface area contributed by atoms with Crippen LogP contribution in [-0.4, -0.2) is 71.6 Å². The first-order valence-electron chi connectivity index (χ1n) is 7.35. The molecule has 0 aromatic carbocycles. The summed E-state index contributed by atoms with van der Waals surface area (Å²) >= 11 is 0. The normalized spacial score (nSPS) is 18.5. The minimum Gasteiger partial charge on any atom is -0.383 e. The first-order chi connectivity index (χ1) is 9.60. The Hall–Kier alpha value is -0.210. The molecular weight excluding hydrogens is 280 g/mol. The summed E-state index contributed by atoms with van der Waals surface area (Å²) in [6.45, 7) is 6.48. The zero-order valence-electron chi connectivity index (χ0n) is 12.6. The number of hydrogen-bond donors (Lipinski definition) is 1. The van der Waals surface area contributed by atoms with Crippen LogP contribution in [0.5, 0.6) is 0 Å². The molecule has 0 radical (unpaired) electrons. The molecule has 0 aromatic heterocycles. The highest BCUT2D eigenvalue weighted by Crippen LogP contribution is 2.19. The number of methoxy groups -OCH3 is 1. The van der Waals surface area contributed by atoms with E-state index in [1.165, 1.54) is 0 Å². The molecule has 0 amide bonds. The van der Waals surface area contributed by atoms with Gasteiger partial charge in [-0.3, -0.25) is 0 Å². The number of nitrogens with one attached hydrogen (secondary N) is 1. The van der Waals surface area contributed by atoms with Crippen LogP contribution in [0.4, 0.5) is 0 Å². The van der Waals surface area contributed by atoms with Gasteiger partial charge in [0.05, 0.1) is 19.0 Å². The topological polar surface area (TPSA) is 67.9 Å². The van der Waals surface area contributed by atoms with Crippen molar-refractivity contribution < 1.29 is 17.9 Å². The maximum absolute atomic E-state index is 12.1. The summed E-state index contributed by atoms with van der Waals surface area (Å²) in [5.74, 6) is 0.655. The number of sulfonamides is 1. The lowest BCUT2D eigenvalue weighted by Crippen LogP contribution is -2.42. The van der Waals surface area contributed by atoms with E-state index < -0.39 is 10.0 Å². The molecule has 1 rings (SSSR count). The largest absolute Gasteiger partial charge is 0.383 e. The number of nitrogens with zero attached hydrogens (tertiary/aromatic N) is 1. The summed E-state index contributed by atoms with van der Waals surface area (Å²) in [4.78, 5) is 0. The third kappa shape index (κ3) is 6.49. The lowest BCUT2D eigenvalue weighted by Gasteiger charge is -2.31. The summed E-state index contributed by atoms with van der Waals surface area (Å²) in [7, 11) is -1.45. The van der Waals surface area contributed by atoms with Gasteiger partial charge in [-0.1, -0.05) is 0 Å². The van der Waals surface area contributed by atoms with E-state index in [-0.39, 0.29) is 12.4 Å². The number of ether oxygens (including phenoxy) is 2. The Bertz CT molecular complexity index is 340. The molecule has 7 heteroatoms. The molecule has 1 aliphatic rings. The van der Waals surface area contributed by atoms with Crippen LogP contribution in [0.15, 0.2) is 0 Å². The Balaban J connectivity index is 2.23. The fraction of sp³-hybridized carbons (Fsp3) is 1.00. The fourth-order valence-electron chi connectivity index (χ4n) is 2.31. The highest BCUT2D eigenvalue weighted by Gasteiger charge is 2.27. The Morgan fingerprint density at radius 2 is 1.95 bits per heavy atom. The third-order valence-electron chi connectivity index (χ3n) is 3.57. The van der Waals surface area contributed by atoms with Gasteiger partial charge in [-0.25, -0.2) is 12.7 Å². The van der Waals surface area contributed by atoms with E-state index >= 15 is 0 Å². The second-order valence-corrected chi connectivity index (χ2v) is 7.14. The molecule has 1 aliphatic heterocycles. The van der Waals surface area contributed by atoms with Crippen molar-refractivity contribution in [3.05, 3.63) is 0 Å². The van der Waals surface area contributed by atoms with Crippen molar-refractivity contribution in [3.63, 3.8) is 0 Å². The number of piperidine rings is 1. The van der Waals surface area contributed by atoms with E-state index in [1.807, 2.05) is 6.92 Å². The molecule has 6 nitrogen and oxygen atoms in total. The maximum atomic E-state index is 12.1. The Morgan fingerprint density at radius 3 is 2.55 bits per heavy atom. The van der Waals surface area contributed by atoms with Crippen molar-refractivity contribution in [1.29, 1.82) is 0 Å². The van der Waals surface area contributed by atoms with Crippen molar-refractivity contribution in [3.8, 4) is 0 Å². The second-order valence-electron chi connectivity index (χ2n) is 5.05. The molecule has 0 unspecified atom stereocenters. The summed E-state index contributed by atoms with van der Waals surface area (Å²) in [6.07, 6.45) is 1.85. The van der Waals surface area contributed by atoms with Gasteiger partial charge >= 0.3 is 0 Å². The van der Waals surface area contributed by atoms with Crippen molar-refractivity contribution in [2.45, 2.75) is 19.8 Å². The molecule has 0 aliphatic carbocycles. The second kappa shape index (κ2) is 9.68. The van der Waals surface area contributed by atoms with Gasteiger partial charge in [-0.05, 0) is 32.2 Å². The van der Waals surface area contributed by atoms with Gasteiger partial charge in [-0.2, -0.15) is 0 Å². The van der Waals surface area contributed by atoms with Crippen molar-refractivity contribution >= 4 is 10.0 Å². The lowest BCUT2D eigenvalue weighted by atomic mass is 9.98. The van der Waals surface area contributed by atoms with Crippen molar-refractivity contribution in [2.75, 3.05) is 58.9 Å². The monoisotopic (exact) mass is 308 g/mol. The Kier molecular flexibility index (Phi) is 8.63. The molecule has 0 atom stereocenters. The molecule has 0 aromatic rings. The minimum absolute atomic E-state index is 0.0948. The molecule has 0 saturated carbocycles. The fourth-order valence-corrected chi connectivity index (χ4v) is 3.66. The third-order valence-corrected chi connectivity index (χ3v) is 5.41. The SMILES string of the molecule is CCOCCS(=O)(=O)N1CCC(CNCCOC)CC1. The molecular formula is C13H28N2O4S. The summed E-state index contributed by atoms with van der Waals surface area (Å²) in [5.41, 5.74) is 0. The predicted molar refractivity (Wildman–Crippen MR) is 79.3 cm³/mol. The van der Waals surface area contributed by atoms with Crippen molar-refractivity contribution in [1.82, 2.24) is 9.62 Å². The van der Waals surface area contributed by atoms with E-state index in [4.69, 9.17) is 9.47 Å². The molecule has 1 fully saturated rings. The van der Waals surface area contributed by atoms with Gasteiger partial charge in [0, 0.05) is 33.4 Å². The van der Waals surface area contributed by atoms with Crippen LogP contribution in [0, 0.1) is 5.92 Å². The zero-order valence-corrected chi connectivity index (χ0v) is 13.5. The van der Waals surface area contributed by atoms with E-state index in [0.717, 1.165) is 25.9 Å². The van der Waals surface area contributed by atoms with Crippen LogP contribution in [0.2, 0.25) is 0 Å². The highest BCUT2D eigenvalue weighted by molar-refractivity contribution is 7.89. The van der Waals surface area contributed by atoms with Gasteiger partial charge in [0.15, 0.2) is 0 Å². The average Bonchev–Trinajstić information content (AvgIpc) is 2.44. The Labute approximate surface area is 122 Å². The maximum Gasteiger partial charge on any atom is 0.216 e. The molecule has 0 bridgehead atoms. The van der Waals surface area contributed by atoms with Gasteiger partial charge in [-0.15, -0.1) is 0 Å². The average molecular weight is 308 g/mol. The standard InChI is InChI=1S/C13H28N2O4S/c1-3-19-10-11-20(16,17)15-7-4-13(5-8-15)12-14-6-9-18-2/h13-14H,3-12H2,1-2H3. The van der Waals surface area contributed by atoms with E-state index in [2.05, 4.69) is 5.32 Å². The summed E-state index contributed by atoms with van der Waals surface area (Å²) in [6, 6.07) is 0. The quantitative estimate of drug-likeness (QED) is 0.588. The van der Waals surface area contributed by atoms with E-state index in [1.54, 1.807) is 11.4 Å². The minimum atomic E-state index is -3.14. The van der Waals surface area contributed by atoms with Gasteiger partial charge in [0.2, 0.25) is 10.0 Å². The zero-order chi connectivity index (χ0) is 14.8. The lowest BCUT2D eigenvalue weighted by molar-refractivity contribution is 0.161. The summed E-state index contributed by atoms with van der Waals surface area (Å²) < 4.78 is 35.9. The van der Waals surface area contributed by atoms with Crippen LogP contribution in [-0.2, 0) is 19.5 Å². The van der Waals surface area contributed by atoms with E-state index in [9.17, 15) is 8.42 Å². The highest BCUT2D eigenvalue weighted by atomic mass is 32.2. The molecule has 1 heterocycles. The Morgan fingerprint density at radius 1 is 1.25 bits per heavy atom. The van der Waals surface area contributed by atoms with Gasteiger partial charge < -0.3 is 14.8 Å². The number of rotatable bonds is 10. The molecule has 1 saturated heterocycles. The van der Waals surface area contributed by atoms with Crippen LogP contribution < -0.4 is 5.32 Å². The smallest absolute Gasteiger partial charge is 0.216 e. The van der Waals surface area contributed by atoms with Gasteiger partial charge in [0.25, 0.3) is 0 Å². The van der Waals surface area contributed by atoms with E-state index in [0.29, 0.717) is 32.2 Å². The molecule has 0 spiro atoms. The van der Waals surface area contributed by atoms with Crippen LogP contribution >= 0.6 is 0 Å². The van der Waals surface area contributed by atoms with Crippen molar-refractivity contribution in [2.24, 2.45) is 5.92 Å². The predicted octanol–water partition coefficient (Wildman–Crippen LogP) is 0.301. The van der Waals surface area contributed by atoms with Gasteiger partial charge in [0.1, 0.15) is 0 Å². The molecule has 120 valence electrons. The summed E-state index contributed by atoms with van der Waals surface area (Å²) in [5, 5.41) is 3.34. The van der Waals surface area contributed by atoms with Crippen LogP contribution in [0.3, 0.4) is 0 Å². The first-order valence-corrected chi connectivity index (χ1v) is 8.96.